The van der Waals surface area contributed by atoms with E-state index in [1.165, 1.54) is 0 Å². The number of carbonyl (C=O) groups excluding carboxylic acids is 1. The Bertz CT molecular complexity index is 424. The van der Waals surface area contributed by atoms with E-state index < -0.39 is 6.04 Å². The zero-order valence-corrected chi connectivity index (χ0v) is 13.2. The van der Waals surface area contributed by atoms with Crippen molar-refractivity contribution in [2.45, 2.75) is 39.0 Å². The van der Waals surface area contributed by atoms with Crippen LogP contribution in [-0.4, -0.2) is 30.1 Å². The molecule has 1 aromatic carbocycles. The summed E-state index contributed by atoms with van der Waals surface area (Å²) >= 11 is 1.69. The third kappa shape index (κ3) is 5.84. The summed E-state index contributed by atoms with van der Waals surface area (Å²) in [6.07, 6.45) is 2.80. The topological polar surface area (TPSA) is 64.4 Å². The van der Waals surface area contributed by atoms with Crippen LogP contribution in [0.25, 0.3) is 0 Å². The molecule has 0 saturated carbocycles. The van der Waals surface area contributed by atoms with Crippen molar-refractivity contribution in [1.29, 1.82) is 0 Å². The lowest BCUT2D eigenvalue weighted by molar-refractivity contribution is -0.122. The summed E-state index contributed by atoms with van der Waals surface area (Å²) in [6.45, 7) is 4.40. The van der Waals surface area contributed by atoms with Crippen molar-refractivity contribution >= 4 is 17.7 Å². The highest BCUT2D eigenvalue weighted by Gasteiger charge is 2.13. The van der Waals surface area contributed by atoms with Gasteiger partial charge in [0.2, 0.25) is 5.91 Å². The molecule has 5 heteroatoms. The normalized spacial score (nSPS) is 12.2. The van der Waals surface area contributed by atoms with E-state index >= 15 is 0 Å². The second kappa shape index (κ2) is 8.87. The minimum Gasteiger partial charge on any atom is -0.491 e. The quantitative estimate of drug-likeness (QED) is 0.771. The molecule has 3 N–H and O–H groups in total. The molecule has 0 aliphatic carbocycles. The van der Waals surface area contributed by atoms with Crippen LogP contribution in [0.3, 0.4) is 0 Å². The molecule has 0 saturated heterocycles. The van der Waals surface area contributed by atoms with E-state index in [4.69, 9.17) is 10.5 Å². The summed E-state index contributed by atoms with van der Waals surface area (Å²) in [5.41, 5.74) is 6.79. The molecule has 0 fully saturated rings. The number of hydrogen-bond acceptors (Lipinski definition) is 4. The highest BCUT2D eigenvalue weighted by Crippen LogP contribution is 2.19. The highest BCUT2D eigenvalue weighted by atomic mass is 32.2. The Morgan fingerprint density at radius 1 is 1.40 bits per heavy atom. The molecule has 0 bridgehead atoms. The molecule has 20 heavy (non-hydrogen) atoms. The monoisotopic (exact) mass is 296 g/mol. The predicted octanol–water partition coefficient (Wildman–Crippen LogP) is 2.17. The van der Waals surface area contributed by atoms with Crippen molar-refractivity contribution in [2.75, 3.05) is 12.0 Å². The zero-order valence-electron chi connectivity index (χ0n) is 12.4. The summed E-state index contributed by atoms with van der Waals surface area (Å²) in [5.74, 6) is 1.58. The summed E-state index contributed by atoms with van der Waals surface area (Å²) < 4.78 is 5.72. The van der Waals surface area contributed by atoms with Crippen LogP contribution in [0.4, 0.5) is 0 Å². The minimum absolute atomic E-state index is 0.107. The van der Waals surface area contributed by atoms with Crippen LogP contribution in [0, 0.1) is 0 Å². The highest BCUT2D eigenvalue weighted by molar-refractivity contribution is 7.98. The van der Waals surface area contributed by atoms with E-state index in [0.717, 1.165) is 17.1 Å². The van der Waals surface area contributed by atoms with Crippen LogP contribution in [0.5, 0.6) is 5.75 Å². The Labute approximate surface area is 125 Å². The first kappa shape index (κ1) is 16.9. The van der Waals surface area contributed by atoms with Crippen LogP contribution >= 0.6 is 11.8 Å². The van der Waals surface area contributed by atoms with Crippen molar-refractivity contribution in [3.05, 3.63) is 29.8 Å². The second-order valence-corrected chi connectivity index (χ2v) is 5.87. The van der Waals surface area contributed by atoms with Crippen LogP contribution in [0.1, 0.15) is 25.8 Å². The Balaban J connectivity index is 2.54. The number of carbonyl (C=O) groups is 1. The van der Waals surface area contributed by atoms with Gasteiger partial charge in [0.25, 0.3) is 0 Å². The van der Waals surface area contributed by atoms with E-state index in [-0.39, 0.29) is 12.0 Å². The standard InChI is InChI=1S/C15H24N2O2S/c1-11(2)19-14-7-5-4-6-12(14)10-17-15(18)13(16)8-9-20-3/h4-7,11,13H,8-10,16H2,1-3H3,(H,17,18)/t13-/m0/s1. The van der Waals surface area contributed by atoms with E-state index in [0.29, 0.717) is 13.0 Å². The van der Waals surface area contributed by atoms with E-state index in [2.05, 4.69) is 5.32 Å². The van der Waals surface area contributed by atoms with Gasteiger partial charge >= 0.3 is 0 Å². The molecule has 0 aliphatic heterocycles. The molecule has 0 unspecified atom stereocenters. The van der Waals surface area contributed by atoms with Crippen LogP contribution in [0.2, 0.25) is 0 Å². The van der Waals surface area contributed by atoms with Gasteiger partial charge in [0.1, 0.15) is 5.75 Å². The zero-order chi connectivity index (χ0) is 15.0. The van der Waals surface area contributed by atoms with Crippen molar-refractivity contribution in [3.63, 3.8) is 0 Å². The minimum atomic E-state index is -0.444. The molecule has 0 radical (unpaired) electrons. The van der Waals surface area contributed by atoms with E-state index in [9.17, 15) is 4.79 Å². The lowest BCUT2D eigenvalue weighted by Crippen LogP contribution is -2.40. The Morgan fingerprint density at radius 2 is 2.10 bits per heavy atom. The molecule has 1 atom stereocenters. The van der Waals surface area contributed by atoms with Gasteiger partial charge in [-0.3, -0.25) is 4.79 Å². The summed E-state index contributed by atoms with van der Waals surface area (Å²) in [4.78, 5) is 11.9. The van der Waals surface area contributed by atoms with Gasteiger partial charge in [-0.15, -0.1) is 0 Å². The maximum absolute atomic E-state index is 11.9. The molecular formula is C15H24N2O2S. The van der Waals surface area contributed by atoms with Gasteiger partial charge in [0, 0.05) is 12.1 Å². The number of amides is 1. The number of benzene rings is 1. The van der Waals surface area contributed by atoms with Crippen LogP contribution in [0.15, 0.2) is 24.3 Å². The summed E-state index contributed by atoms with van der Waals surface area (Å²) in [7, 11) is 0. The first-order chi connectivity index (χ1) is 9.54. The number of rotatable bonds is 8. The third-order valence-electron chi connectivity index (χ3n) is 2.76. The molecule has 0 aliphatic rings. The van der Waals surface area contributed by atoms with Crippen molar-refractivity contribution in [2.24, 2.45) is 5.73 Å². The van der Waals surface area contributed by atoms with E-state index in [1.807, 2.05) is 44.4 Å². The van der Waals surface area contributed by atoms with Gasteiger partial charge in [-0.05, 0) is 38.3 Å². The fourth-order valence-electron chi connectivity index (χ4n) is 1.71. The van der Waals surface area contributed by atoms with Gasteiger partial charge in [-0.25, -0.2) is 0 Å². The number of para-hydroxylation sites is 1. The average Bonchev–Trinajstić information content (AvgIpc) is 2.42. The maximum atomic E-state index is 11.9. The molecule has 1 amide bonds. The summed E-state index contributed by atoms with van der Waals surface area (Å²) in [5, 5.41) is 2.87. The summed E-state index contributed by atoms with van der Waals surface area (Å²) in [6, 6.07) is 7.27. The molecule has 4 nitrogen and oxygen atoms in total. The number of thioether (sulfide) groups is 1. The number of ether oxygens (including phenoxy) is 1. The van der Waals surface area contributed by atoms with E-state index in [1.54, 1.807) is 11.8 Å². The van der Waals surface area contributed by atoms with Crippen molar-refractivity contribution in [3.8, 4) is 5.75 Å². The third-order valence-corrected chi connectivity index (χ3v) is 3.40. The SMILES string of the molecule is CSCC[C@H](N)C(=O)NCc1ccccc1OC(C)C. The van der Waals surface area contributed by atoms with Gasteiger partial charge in [-0.2, -0.15) is 11.8 Å². The number of nitrogens with two attached hydrogens (primary N) is 1. The maximum Gasteiger partial charge on any atom is 0.237 e. The van der Waals surface area contributed by atoms with Gasteiger partial charge in [0.15, 0.2) is 0 Å². The number of nitrogens with one attached hydrogen (secondary N) is 1. The first-order valence-electron chi connectivity index (χ1n) is 6.81. The number of hydrogen-bond donors (Lipinski definition) is 2. The Morgan fingerprint density at radius 3 is 2.75 bits per heavy atom. The van der Waals surface area contributed by atoms with Crippen LogP contribution in [-0.2, 0) is 11.3 Å². The molecule has 1 rings (SSSR count). The fraction of sp³-hybridized carbons (Fsp3) is 0.533. The Kier molecular flexibility index (Phi) is 7.47. The molecule has 112 valence electrons. The van der Waals surface area contributed by atoms with Gasteiger partial charge in [0.05, 0.1) is 12.1 Å². The molecule has 0 heterocycles. The van der Waals surface area contributed by atoms with Crippen molar-refractivity contribution < 1.29 is 9.53 Å². The molecule has 0 spiro atoms. The Hall–Kier alpha value is -1.20. The smallest absolute Gasteiger partial charge is 0.237 e. The molecule has 0 aromatic heterocycles. The largest absolute Gasteiger partial charge is 0.491 e. The lowest BCUT2D eigenvalue weighted by atomic mass is 10.2. The average molecular weight is 296 g/mol. The lowest BCUT2D eigenvalue weighted by Gasteiger charge is -2.16. The molecular weight excluding hydrogens is 272 g/mol. The van der Waals surface area contributed by atoms with Gasteiger partial charge < -0.3 is 15.8 Å². The van der Waals surface area contributed by atoms with Crippen LogP contribution < -0.4 is 15.8 Å². The van der Waals surface area contributed by atoms with Crippen molar-refractivity contribution in [1.82, 2.24) is 5.32 Å². The fourth-order valence-corrected chi connectivity index (χ4v) is 2.20. The van der Waals surface area contributed by atoms with Gasteiger partial charge in [-0.1, -0.05) is 18.2 Å². The first-order valence-corrected chi connectivity index (χ1v) is 8.20. The second-order valence-electron chi connectivity index (χ2n) is 4.88. The predicted molar refractivity (Wildman–Crippen MR) is 85.0 cm³/mol. The molecule has 1 aromatic rings.